The van der Waals surface area contributed by atoms with Gasteiger partial charge in [0.2, 0.25) is 11.8 Å². The van der Waals surface area contributed by atoms with Crippen LogP contribution < -0.4 is 10.6 Å². The highest BCUT2D eigenvalue weighted by Gasteiger charge is 2.35. The molecule has 9 nitrogen and oxygen atoms in total. The second-order valence-corrected chi connectivity index (χ2v) is 12.1. The normalized spacial score (nSPS) is 17.8. The molecule has 3 amide bonds. The van der Waals surface area contributed by atoms with E-state index in [1.807, 2.05) is 37.3 Å². The summed E-state index contributed by atoms with van der Waals surface area (Å²) in [5.41, 5.74) is 3.65. The van der Waals surface area contributed by atoms with Crippen LogP contribution in [0.4, 0.5) is 9.18 Å². The number of carbonyl (C=O) groups excluding carboxylic acids is 3. The van der Waals surface area contributed by atoms with Crippen molar-refractivity contribution in [3.63, 3.8) is 0 Å². The van der Waals surface area contributed by atoms with E-state index in [1.165, 1.54) is 18.7 Å². The third kappa shape index (κ3) is 8.04. The Bertz CT molecular complexity index is 1510. The van der Waals surface area contributed by atoms with Crippen LogP contribution in [0.5, 0.6) is 0 Å². The average molecular weight is 650 g/mol. The van der Waals surface area contributed by atoms with E-state index in [-0.39, 0.29) is 24.2 Å². The van der Waals surface area contributed by atoms with Crippen molar-refractivity contribution < 1.29 is 23.5 Å². The van der Waals surface area contributed by atoms with Crippen molar-refractivity contribution in [2.45, 2.75) is 44.4 Å². The number of halogens is 2. The first-order chi connectivity index (χ1) is 22.3. The minimum Gasteiger partial charge on any atom is -0.453 e. The third-order valence-corrected chi connectivity index (χ3v) is 9.16. The highest BCUT2D eigenvalue weighted by molar-refractivity contribution is 6.30. The van der Waals surface area contributed by atoms with Crippen LogP contribution >= 0.6 is 11.6 Å². The Morgan fingerprint density at radius 2 is 1.67 bits per heavy atom. The zero-order chi connectivity index (χ0) is 32.6. The van der Waals surface area contributed by atoms with Gasteiger partial charge in [-0.05, 0) is 48.2 Å². The Morgan fingerprint density at radius 1 is 1.00 bits per heavy atom. The lowest BCUT2D eigenvalue weighted by atomic mass is 9.95. The number of hydrogen-bond donors (Lipinski definition) is 2. The molecule has 3 aromatic rings. The van der Waals surface area contributed by atoms with E-state index in [4.69, 9.17) is 16.3 Å². The molecule has 1 saturated heterocycles. The molecule has 244 valence electrons. The number of amides is 3. The molecule has 0 aliphatic carbocycles. The van der Waals surface area contributed by atoms with E-state index in [9.17, 15) is 14.4 Å². The maximum atomic E-state index is 15.1. The number of likely N-dealkylation sites (N-methyl/N-ethyl adjacent to an activating group) is 1. The molecule has 3 aromatic carbocycles. The second-order valence-electron chi connectivity index (χ2n) is 11.7. The van der Waals surface area contributed by atoms with Crippen molar-refractivity contribution in [1.82, 2.24) is 25.3 Å². The average Bonchev–Trinajstić information content (AvgIpc) is 3.09. The molecule has 46 heavy (non-hydrogen) atoms. The molecule has 2 heterocycles. The van der Waals surface area contributed by atoms with E-state index in [1.54, 1.807) is 40.1 Å². The summed E-state index contributed by atoms with van der Waals surface area (Å²) in [7, 11) is 1.33. The number of nitrogens with zero attached hydrogens (tertiary/aromatic N) is 3. The molecular weight excluding hydrogens is 609 g/mol. The van der Waals surface area contributed by atoms with Gasteiger partial charge in [-0.25, -0.2) is 9.18 Å². The van der Waals surface area contributed by atoms with Crippen LogP contribution in [0.25, 0.3) is 0 Å². The molecule has 2 N–H and O–H groups in total. The van der Waals surface area contributed by atoms with Gasteiger partial charge in [0.15, 0.2) is 0 Å². The maximum absolute atomic E-state index is 15.1. The lowest BCUT2D eigenvalue weighted by molar-refractivity contribution is -0.138. The minimum absolute atomic E-state index is 0.175. The van der Waals surface area contributed by atoms with E-state index in [0.717, 1.165) is 11.1 Å². The number of ether oxygens (including phenoxy) is 1. The molecular formula is C35H41ClFN5O4. The Kier molecular flexibility index (Phi) is 11.3. The van der Waals surface area contributed by atoms with Crippen LogP contribution in [0.2, 0.25) is 5.02 Å². The highest BCUT2D eigenvalue weighted by Crippen LogP contribution is 2.27. The van der Waals surface area contributed by atoms with Crippen molar-refractivity contribution in [3.05, 3.63) is 106 Å². The molecule has 2 aliphatic heterocycles. The molecule has 1 fully saturated rings. The third-order valence-electron chi connectivity index (χ3n) is 8.90. The van der Waals surface area contributed by atoms with Crippen molar-refractivity contribution in [3.8, 4) is 0 Å². The highest BCUT2D eigenvalue weighted by atomic mass is 35.5. The van der Waals surface area contributed by atoms with Gasteiger partial charge in [0.25, 0.3) is 0 Å². The first-order valence-corrected chi connectivity index (χ1v) is 16.1. The summed E-state index contributed by atoms with van der Waals surface area (Å²) in [6.45, 7) is 4.78. The van der Waals surface area contributed by atoms with Crippen LogP contribution in [0.1, 0.15) is 35.2 Å². The largest absolute Gasteiger partial charge is 0.453 e. The van der Waals surface area contributed by atoms with Gasteiger partial charge in [-0.15, -0.1) is 0 Å². The summed E-state index contributed by atoms with van der Waals surface area (Å²) in [5, 5.41) is 6.96. The van der Waals surface area contributed by atoms with Gasteiger partial charge < -0.3 is 25.2 Å². The van der Waals surface area contributed by atoms with Gasteiger partial charge in [0, 0.05) is 62.8 Å². The standard InChI is InChI=1S/C35H41ClFN5O4/c1-3-40(35(45)46-2)23-32(28-10-6-7-11-29(28)37)41-16-18-42(19-17-41)34(44)31(20-24-12-14-27(36)15-13-24)39-33(43)30-21-25-8-4-5-9-26(25)22-38-30/h4-15,30-32,38H,3,16-23H2,1-2H3,(H,39,43). The number of piperazine rings is 1. The van der Waals surface area contributed by atoms with Crippen LogP contribution in [0.15, 0.2) is 72.8 Å². The topological polar surface area (TPSA) is 94.2 Å². The molecule has 0 saturated carbocycles. The van der Waals surface area contributed by atoms with Crippen molar-refractivity contribution >= 4 is 29.5 Å². The fourth-order valence-electron chi connectivity index (χ4n) is 6.27. The quantitative estimate of drug-likeness (QED) is 0.342. The SMILES string of the molecule is CCN(CC(c1ccccc1F)N1CCN(C(=O)C(Cc2ccc(Cl)cc2)NC(=O)C2Cc3ccccc3CN2)CC1)C(=O)OC. The van der Waals surface area contributed by atoms with Crippen molar-refractivity contribution in [1.29, 1.82) is 0 Å². The Balaban J connectivity index is 1.30. The lowest BCUT2D eigenvalue weighted by Crippen LogP contribution is -2.59. The number of benzene rings is 3. The number of carbonyl (C=O) groups is 3. The van der Waals surface area contributed by atoms with Gasteiger partial charge in [0.05, 0.1) is 19.2 Å². The zero-order valence-electron chi connectivity index (χ0n) is 26.3. The van der Waals surface area contributed by atoms with E-state index < -0.39 is 24.2 Å². The molecule has 3 atom stereocenters. The van der Waals surface area contributed by atoms with E-state index in [2.05, 4.69) is 21.6 Å². The Labute approximate surface area is 274 Å². The van der Waals surface area contributed by atoms with E-state index in [0.29, 0.717) is 62.7 Å². The maximum Gasteiger partial charge on any atom is 0.409 e. The number of rotatable bonds is 10. The van der Waals surface area contributed by atoms with Gasteiger partial charge >= 0.3 is 6.09 Å². The monoisotopic (exact) mass is 649 g/mol. The molecule has 2 aliphatic rings. The fraction of sp³-hybridized carbons (Fsp3) is 0.400. The van der Waals surface area contributed by atoms with Crippen LogP contribution in [-0.4, -0.2) is 91.1 Å². The predicted molar refractivity (Wildman–Crippen MR) is 175 cm³/mol. The molecule has 5 rings (SSSR count). The first-order valence-electron chi connectivity index (χ1n) is 15.7. The lowest BCUT2D eigenvalue weighted by Gasteiger charge is -2.41. The summed E-state index contributed by atoms with van der Waals surface area (Å²) < 4.78 is 20.0. The van der Waals surface area contributed by atoms with Gasteiger partial charge in [0.1, 0.15) is 11.9 Å². The van der Waals surface area contributed by atoms with Crippen molar-refractivity contribution in [2.75, 3.05) is 46.4 Å². The number of fused-ring (bicyclic) bond motifs is 1. The molecule has 0 spiro atoms. The van der Waals surface area contributed by atoms with Gasteiger partial charge in [-0.1, -0.05) is 66.2 Å². The van der Waals surface area contributed by atoms with Crippen molar-refractivity contribution in [2.24, 2.45) is 0 Å². The molecule has 3 unspecified atom stereocenters. The summed E-state index contributed by atoms with van der Waals surface area (Å²) in [4.78, 5) is 45.4. The number of hydrogen-bond acceptors (Lipinski definition) is 6. The predicted octanol–water partition coefficient (Wildman–Crippen LogP) is 4.19. The fourth-order valence-corrected chi connectivity index (χ4v) is 6.40. The first kappa shape index (κ1) is 33.4. The molecule has 0 bridgehead atoms. The zero-order valence-corrected chi connectivity index (χ0v) is 27.0. The Morgan fingerprint density at radius 3 is 2.35 bits per heavy atom. The van der Waals surface area contributed by atoms with Crippen LogP contribution in [0, 0.1) is 5.82 Å². The van der Waals surface area contributed by atoms with Gasteiger partial charge in [-0.2, -0.15) is 0 Å². The second kappa shape index (κ2) is 15.5. The summed E-state index contributed by atoms with van der Waals surface area (Å²) in [6.07, 6.45) is 0.378. The summed E-state index contributed by atoms with van der Waals surface area (Å²) in [5.74, 6) is -0.745. The molecule has 0 radical (unpaired) electrons. The smallest absolute Gasteiger partial charge is 0.409 e. The molecule has 0 aromatic heterocycles. The van der Waals surface area contributed by atoms with Gasteiger partial charge in [-0.3, -0.25) is 14.5 Å². The number of nitrogens with one attached hydrogen (secondary N) is 2. The van der Waals surface area contributed by atoms with E-state index >= 15 is 4.39 Å². The van der Waals surface area contributed by atoms with Crippen LogP contribution in [0.3, 0.4) is 0 Å². The Hall–Kier alpha value is -3.99. The minimum atomic E-state index is -0.781. The summed E-state index contributed by atoms with van der Waals surface area (Å²) in [6, 6.07) is 20.2. The molecule has 11 heteroatoms. The van der Waals surface area contributed by atoms with Crippen LogP contribution in [-0.2, 0) is 33.7 Å². The summed E-state index contributed by atoms with van der Waals surface area (Å²) >= 11 is 6.11. The number of methoxy groups -OCH3 is 1.